The molecule has 0 spiro atoms. The zero-order chi connectivity index (χ0) is 19.6. The molecule has 138 valence electrons. The van der Waals surface area contributed by atoms with Crippen LogP contribution in [0.4, 0.5) is 5.69 Å². The van der Waals surface area contributed by atoms with E-state index in [2.05, 4.69) is 15.5 Å². The first-order chi connectivity index (χ1) is 12.8. The highest BCUT2D eigenvalue weighted by Crippen LogP contribution is 2.27. The summed E-state index contributed by atoms with van der Waals surface area (Å²) in [6.07, 6.45) is 0.736. The molecule has 0 aromatic heterocycles. The van der Waals surface area contributed by atoms with E-state index >= 15 is 0 Å². The fourth-order valence-electron chi connectivity index (χ4n) is 3.06. The summed E-state index contributed by atoms with van der Waals surface area (Å²) in [7, 11) is 0. The van der Waals surface area contributed by atoms with Crippen LogP contribution in [0.1, 0.15) is 42.3 Å². The van der Waals surface area contributed by atoms with Crippen LogP contribution in [-0.4, -0.2) is 33.8 Å². The number of rotatable bonds is 5. The molecule has 27 heavy (non-hydrogen) atoms. The van der Waals surface area contributed by atoms with Gasteiger partial charge >= 0.3 is 5.97 Å². The van der Waals surface area contributed by atoms with E-state index in [-0.39, 0.29) is 11.5 Å². The van der Waals surface area contributed by atoms with Crippen LogP contribution in [0.25, 0.3) is 0 Å². The van der Waals surface area contributed by atoms with Crippen molar-refractivity contribution in [2.24, 2.45) is 10.1 Å². The Balaban J connectivity index is 1.97. The number of nitrogens with one attached hydrogen (secondary N) is 1. The Morgan fingerprint density at radius 3 is 2.41 bits per heavy atom. The summed E-state index contributed by atoms with van der Waals surface area (Å²) in [6.45, 7) is 5.43. The van der Waals surface area contributed by atoms with Gasteiger partial charge in [-0.05, 0) is 57.0 Å². The number of carbonyl (C=O) groups excluding carboxylic acids is 1. The highest BCUT2D eigenvalue weighted by Gasteiger charge is 2.31. The largest absolute Gasteiger partial charge is 0.476 e. The maximum atomic E-state index is 11.9. The highest BCUT2D eigenvalue weighted by molar-refractivity contribution is 6.69. The van der Waals surface area contributed by atoms with Crippen molar-refractivity contribution in [3.05, 3.63) is 65.2 Å². The number of hydrazone groups is 1. The van der Waals surface area contributed by atoms with Gasteiger partial charge in [-0.3, -0.25) is 15.2 Å². The molecule has 0 saturated carbocycles. The zero-order valence-electron chi connectivity index (χ0n) is 15.5. The van der Waals surface area contributed by atoms with Crippen molar-refractivity contribution in [1.29, 1.82) is 0 Å². The molecule has 1 aliphatic rings. The monoisotopic (exact) mass is 363 g/mol. The average Bonchev–Trinajstić information content (AvgIpc) is 2.61. The average molecular weight is 363 g/mol. The molecular weight excluding hydrogens is 342 g/mol. The van der Waals surface area contributed by atoms with Crippen LogP contribution in [0.5, 0.6) is 0 Å². The Labute approximate surface area is 157 Å². The van der Waals surface area contributed by atoms with Crippen LogP contribution >= 0.6 is 0 Å². The predicted octanol–water partition coefficient (Wildman–Crippen LogP) is 3.57. The van der Waals surface area contributed by atoms with Crippen LogP contribution in [0.15, 0.2) is 58.6 Å². The lowest BCUT2D eigenvalue weighted by molar-refractivity contribution is -0.129. The molecule has 1 aliphatic heterocycles. The van der Waals surface area contributed by atoms with Crippen LogP contribution in [0.2, 0.25) is 0 Å². The first kappa shape index (κ1) is 18.5. The van der Waals surface area contributed by atoms with Crippen molar-refractivity contribution >= 4 is 28.9 Å². The Morgan fingerprint density at radius 2 is 1.78 bits per heavy atom. The summed E-state index contributed by atoms with van der Waals surface area (Å²) >= 11 is 0. The molecule has 6 heteroatoms. The van der Waals surface area contributed by atoms with Gasteiger partial charge in [0.1, 0.15) is 5.71 Å². The highest BCUT2D eigenvalue weighted by atomic mass is 16.4. The lowest BCUT2D eigenvalue weighted by atomic mass is 9.85. The number of hydrogen-bond acceptors (Lipinski definition) is 5. The number of carbonyl (C=O) groups is 2. The number of fused-ring (bicyclic) bond motifs is 1. The van der Waals surface area contributed by atoms with E-state index in [0.29, 0.717) is 17.0 Å². The van der Waals surface area contributed by atoms with Gasteiger partial charge in [0.05, 0.1) is 11.2 Å². The number of anilines is 1. The maximum Gasteiger partial charge on any atom is 0.358 e. The second-order valence-corrected chi connectivity index (χ2v) is 7.12. The molecule has 0 unspecified atom stereocenters. The van der Waals surface area contributed by atoms with Gasteiger partial charge < -0.3 is 5.11 Å². The van der Waals surface area contributed by atoms with E-state index in [4.69, 9.17) is 0 Å². The summed E-state index contributed by atoms with van der Waals surface area (Å²) in [4.78, 5) is 27.9. The van der Waals surface area contributed by atoms with Crippen molar-refractivity contribution in [1.82, 2.24) is 0 Å². The first-order valence-electron chi connectivity index (χ1n) is 8.63. The number of hydrogen-bond donors (Lipinski definition) is 2. The summed E-state index contributed by atoms with van der Waals surface area (Å²) in [5, 5.41) is 13.8. The van der Waals surface area contributed by atoms with Crippen LogP contribution in [0, 0.1) is 0 Å². The van der Waals surface area contributed by atoms with E-state index < -0.39 is 11.5 Å². The van der Waals surface area contributed by atoms with E-state index in [1.807, 2.05) is 38.1 Å². The molecule has 0 atom stereocenters. The molecule has 0 saturated heterocycles. The van der Waals surface area contributed by atoms with Crippen molar-refractivity contribution < 1.29 is 14.7 Å². The fraction of sp³-hybridized carbons (Fsp3) is 0.238. The van der Waals surface area contributed by atoms with Gasteiger partial charge in [0.2, 0.25) is 0 Å². The molecule has 3 rings (SSSR count). The van der Waals surface area contributed by atoms with Crippen LogP contribution < -0.4 is 5.43 Å². The smallest absolute Gasteiger partial charge is 0.358 e. The third kappa shape index (κ3) is 4.11. The SMILES string of the molecule is CC(=O)c1ccc(N/N=C(/C(=O)O)C2=NC(C)(C)Cc3ccccc32)cc1. The number of aliphatic imine (C=N–C) groups is 1. The number of ketones is 1. The van der Waals surface area contributed by atoms with Gasteiger partial charge in [0, 0.05) is 11.1 Å². The summed E-state index contributed by atoms with van der Waals surface area (Å²) in [5.74, 6) is -1.19. The topological polar surface area (TPSA) is 91.1 Å². The number of Topliss-reactive ketones (excluding diaryl/α,β-unsaturated/α-hetero) is 1. The number of carboxylic acids is 1. The molecule has 2 aromatic rings. The lowest BCUT2D eigenvalue weighted by Gasteiger charge is -2.28. The van der Waals surface area contributed by atoms with Crippen LogP contribution in [-0.2, 0) is 11.2 Å². The van der Waals surface area contributed by atoms with Gasteiger partial charge in [0.25, 0.3) is 0 Å². The van der Waals surface area contributed by atoms with Gasteiger partial charge in [-0.15, -0.1) is 0 Å². The molecule has 0 radical (unpaired) electrons. The molecule has 2 aromatic carbocycles. The minimum atomic E-state index is -1.16. The standard InChI is InChI=1S/C21H21N3O3/c1-13(25)14-8-10-16(11-9-14)23-24-19(20(26)27)18-17-7-5-4-6-15(17)12-21(2,3)22-18/h4-11,23H,12H2,1-3H3,(H,26,27)/b24-19+. The van der Waals surface area contributed by atoms with Crippen molar-refractivity contribution in [3.63, 3.8) is 0 Å². The Hall–Kier alpha value is -3.28. The molecular formula is C21H21N3O3. The van der Waals surface area contributed by atoms with Gasteiger partial charge in [-0.2, -0.15) is 5.10 Å². The van der Waals surface area contributed by atoms with Crippen molar-refractivity contribution in [3.8, 4) is 0 Å². The third-order valence-corrected chi connectivity index (χ3v) is 4.33. The first-order valence-corrected chi connectivity index (χ1v) is 8.63. The number of benzene rings is 2. The maximum absolute atomic E-state index is 11.9. The van der Waals surface area contributed by atoms with E-state index in [1.54, 1.807) is 24.3 Å². The molecule has 0 amide bonds. The lowest BCUT2D eigenvalue weighted by Crippen LogP contribution is -2.35. The summed E-state index contributed by atoms with van der Waals surface area (Å²) < 4.78 is 0. The number of nitrogens with zero attached hydrogens (tertiary/aromatic N) is 2. The minimum absolute atomic E-state index is 0.0355. The second kappa shape index (κ2) is 7.15. The summed E-state index contributed by atoms with van der Waals surface area (Å²) in [6, 6.07) is 14.3. The van der Waals surface area contributed by atoms with E-state index in [9.17, 15) is 14.7 Å². The number of carboxylic acid groups (broad SMARTS) is 1. The zero-order valence-corrected chi connectivity index (χ0v) is 15.5. The van der Waals surface area contributed by atoms with Gasteiger partial charge in [0.15, 0.2) is 11.5 Å². The van der Waals surface area contributed by atoms with E-state index in [0.717, 1.165) is 17.5 Å². The summed E-state index contributed by atoms with van der Waals surface area (Å²) in [5.41, 5.74) is 5.56. The van der Waals surface area contributed by atoms with Crippen molar-refractivity contribution in [2.45, 2.75) is 32.7 Å². The molecule has 2 N–H and O–H groups in total. The molecule has 0 bridgehead atoms. The Morgan fingerprint density at radius 1 is 1.11 bits per heavy atom. The molecule has 0 fully saturated rings. The Kier molecular flexibility index (Phi) is 4.90. The fourth-order valence-corrected chi connectivity index (χ4v) is 3.06. The quantitative estimate of drug-likeness (QED) is 0.483. The number of aliphatic carboxylic acids is 1. The van der Waals surface area contributed by atoms with Gasteiger partial charge in [-0.1, -0.05) is 24.3 Å². The second-order valence-electron chi connectivity index (χ2n) is 7.12. The van der Waals surface area contributed by atoms with E-state index in [1.165, 1.54) is 6.92 Å². The van der Waals surface area contributed by atoms with Gasteiger partial charge in [-0.25, -0.2) is 4.79 Å². The normalized spacial score (nSPS) is 15.5. The van der Waals surface area contributed by atoms with Crippen LogP contribution in [0.3, 0.4) is 0 Å². The minimum Gasteiger partial charge on any atom is -0.476 e. The molecule has 6 nitrogen and oxygen atoms in total. The predicted molar refractivity (Wildman–Crippen MR) is 106 cm³/mol. The Bertz CT molecular complexity index is 957. The molecule has 0 aliphatic carbocycles. The third-order valence-electron chi connectivity index (χ3n) is 4.33. The molecule has 1 heterocycles. The van der Waals surface area contributed by atoms with Crippen molar-refractivity contribution in [2.75, 3.05) is 5.43 Å².